The molecule has 1 saturated heterocycles. The Balaban J connectivity index is 1.57. The van der Waals surface area contributed by atoms with Crippen LogP contribution in [0.5, 0.6) is 0 Å². The Labute approximate surface area is 183 Å². The average Bonchev–Trinajstić information content (AvgIpc) is 3.41. The van der Waals surface area contributed by atoms with E-state index in [2.05, 4.69) is 15.0 Å². The normalized spacial score (nSPS) is 18.7. The number of nitrogens with one attached hydrogen (secondary N) is 1. The van der Waals surface area contributed by atoms with Gasteiger partial charge in [0.15, 0.2) is 0 Å². The van der Waals surface area contributed by atoms with E-state index in [0.29, 0.717) is 5.69 Å². The molecule has 1 aliphatic heterocycles. The zero-order valence-corrected chi connectivity index (χ0v) is 17.0. The molecule has 3 heterocycles. The Morgan fingerprint density at radius 2 is 1.59 bits per heavy atom. The van der Waals surface area contributed by atoms with Gasteiger partial charge in [-0.1, -0.05) is 48.5 Å². The number of amides is 1. The second-order valence-corrected chi connectivity index (χ2v) is 7.94. The van der Waals surface area contributed by atoms with E-state index in [1.807, 2.05) is 78.9 Å². The highest BCUT2D eigenvalue weighted by atomic mass is 16.2. The summed E-state index contributed by atoms with van der Waals surface area (Å²) in [5.74, 6) is -1.56. The minimum absolute atomic E-state index is 0.418. The number of aromatic amines is 1. The van der Waals surface area contributed by atoms with Crippen molar-refractivity contribution in [2.45, 2.75) is 12.0 Å². The van der Waals surface area contributed by atoms with Gasteiger partial charge in [0.25, 0.3) is 5.91 Å². The lowest BCUT2D eigenvalue weighted by molar-refractivity contribution is -0.134. The number of hydrogen-bond donors (Lipinski definition) is 1. The lowest BCUT2D eigenvalue weighted by atomic mass is 9.87. The quantitative estimate of drug-likeness (QED) is 0.436. The SMILES string of the molecule is O=C1C(=O)N(c2ccc3nc[nH]c3c2)C(c2cnc3ccccc3c2)C1c1ccccc1. The monoisotopic (exact) mass is 418 g/mol. The van der Waals surface area contributed by atoms with Crippen molar-refractivity contribution in [3.63, 3.8) is 0 Å². The van der Waals surface area contributed by atoms with Crippen LogP contribution in [0.3, 0.4) is 0 Å². The topological polar surface area (TPSA) is 79.0 Å². The van der Waals surface area contributed by atoms with Gasteiger partial charge < -0.3 is 4.98 Å². The highest BCUT2D eigenvalue weighted by Crippen LogP contribution is 2.45. The lowest BCUT2D eigenvalue weighted by Crippen LogP contribution is -2.29. The maximum atomic E-state index is 13.3. The van der Waals surface area contributed by atoms with Gasteiger partial charge in [-0.25, -0.2) is 4.98 Å². The van der Waals surface area contributed by atoms with Crippen molar-refractivity contribution in [3.05, 3.63) is 103 Å². The fourth-order valence-electron chi connectivity index (χ4n) is 4.61. The molecule has 0 bridgehead atoms. The van der Waals surface area contributed by atoms with Gasteiger partial charge in [-0.3, -0.25) is 19.5 Å². The van der Waals surface area contributed by atoms with Gasteiger partial charge in [0.05, 0.1) is 34.8 Å². The zero-order valence-electron chi connectivity index (χ0n) is 17.0. The number of carbonyl (C=O) groups excluding carboxylic acids is 2. The molecule has 1 aliphatic rings. The molecule has 5 aromatic rings. The summed E-state index contributed by atoms with van der Waals surface area (Å²) < 4.78 is 0. The van der Waals surface area contributed by atoms with Crippen molar-refractivity contribution in [3.8, 4) is 0 Å². The Hall–Kier alpha value is -4.32. The fraction of sp³-hybridized carbons (Fsp3) is 0.0769. The molecule has 3 aromatic carbocycles. The van der Waals surface area contributed by atoms with Crippen LogP contribution in [-0.4, -0.2) is 26.6 Å². The summed E-state index contributed by atoms with van der Waals surface area (Å²) in [4.78, 5) is 40.2. The summed E-state index contributed by atoms with van der Waals surface area (Å²) in [5, 5.41) is 0.965. The van der Waals surface area contributed by atoms with E-state index >= 15 is 0 Å². The second kappa shape index (κ2) is 7.13. The first-order chi connectivity index (χ1) is 15.7. The first-order valence-corrected chi connectivity index (χ1v) is 10.4. The summed E-state index contributed by atoms with van der Waals surface area (Å²) in [6.45, 7) is 0. The van der Waals surface area contributed by atoms with Gasteiger partial charge in [0.2, 0.25) is 5.78 Å². The van der Waals surface area contributed by atoms with Crippen LogP contribution in [0.1, 0.15) is 23.1 Å². The Morgan fingerprint density at radius 3 is 2.47 bits per heavy atom. The molecule has 0 aliphatic carbocycles. The average molecular weight is 418 g/mol. The van der Waals surface area contributed by atoms with Crippen LogP contribution in [0.15, 0.2) is 91.4 Å². The number of fused-ring (bicyclic) bond motifs is 2. The molecule has 32 heavy (non-hydrogen) atoms. The van der Waals surface area contributed by atoms with Crippen LogP contribution >= 0.6 is 0 Å². The lowest BCUT2D eigenvalue weighted by Gasteiger charge is -2.28. The number of anilines is 1. The van der Waals surface area contributed by atoms with Gasteiger partial charge >= 0.3 is 0 Å². The molecule has 6 heteroatoms. The third-order valence-electron chi connectivity index (χ3n) is 6.10. The largest absolute Gasteiger partial charge is 0.345 e. The van der Waals surface area contributed by atoms with Gasteiger partial charge in [-0.2, -0.15) is 0 Å². The number of aromatic nitrogens is 3. The molecule has 2 unspecified atom stereocenters. The summed E-state index contributed by atoms with van der Waals surface area (Å²) >= 11 is 0. The molecule has 0 spiro atoms. The van der Waals surface area contributed by atoms with Crippen LogP contribution in [0, 0.1) is 0 Å². The number of Topliss-reactive ketones (excluding diaryl/α,β-unsaturated/α-hetero) is 1. The number of carbonyl (C=O) groups is 2. The summed E-state index contributed by atoms with van der Waals surface area (Å²) in [6.07, 6.45) is 3.39. The number of imidazole rings is 1. The number of hydrogen-bond acceptors (Lipinski definition) is 4. The smallest absolute Gasteiger partial charge is 0.295 e. The zero-order chi connectivity index (χ0) is 21.7. The number of nitrogens with zero attached hydrogens (tertiary/aromatic N) is 3. The van der Waals surface area contributed by atoms with Gasteiger partial charge in [0, 0.05) is 17.3 Å². The van der Waals surface area contributed by atoms with Crippen molar-refractivity contribution in [1.82, 2.24) is 15.0 Å². The van der Waals surface area contributed by atoms with Crippen molar-refractivity contribution in [2.75, 3.05) is 4.90 Å². The molecule has 154 valence electrons. The first-order valence-electron chi connectivity index (χ1n) is 10.4. The van der Waals surface area contributed by atoms with Crippen LogP contribution in [-0.2, 0) is 9.59 Å². The van der Waals surface area contributed by atoms with Crippen LogP contribution in [0.2, 0.25) is 0 Å². The van der Waals surface area contributed by atoms with Crippen molar-refractivity contribution < 1.29 is 9.59 Å². The van der Waals surface area contributed by atoms with E-state index in [0.717, 1.165) is 33.1 Å². The van der Waals surface area contributed by atoms with E-state index in [-0.39, 0.29) is 0 Å². The molecule has 1 amide bonds. The predicted octanol–water partition coefficient (Wildman–Crippen LogP) is 4.55. The maximum absolute atomic E-state index is 13.3. The molecular weight excluding hydrogens is 400 g/mol. The summed E-state index contributed by atoms with van der Waals surface area (Å²) in [6, 6.07) is 24.4. The highest BCUT2D eigenvalue weighted by Gasteiger charge is 2.49. The minimum atomic E-state index is -0.621. The van der Waals surface area contributed by atoms with Crippen molar-refractivity contribution >= 4 is 39.3 Å². The molecule has 1 N–H and O–H groups in total. The van der Waals surface area contributed by atoms with Crippen LogP contribution in [0.4, 0.5) is 5.69 Å². The number of para-hydroxylation sites is 1. The predicted molar refractivity (Wildman–Crippen MR) is 122 cm³/mol. The third-order valence-corrected chi connectivity index (χ3v) is 6.10. The van der Waals surface area contributed by atoms with Crippen LogP contribution < -0.4 is 4.90 Å². The summed E-state index contributed by atoms with van der Waals surface area (Å²) in [7, 11) is 0. The molecule has 0 saturated carbocycles. The van der Waals surface area contributed by atoms with Gasteiger partial charge in [-0.05, 0) is 41.5 Å². The maximum Gasteiger partial charge on any atom is 0.295 e. The molecule has 2 aromatic heterocycles. The van der Waals surface area contributed by atoms with E-state index in [4.69, 9.17) is 0 Å². The van der Waals surface area contributed by atoms with E-state index in [1.165, 1.54) is 0 Å². The molecular formula is C26H18N4O2. The molecule has 0 radical (unpaired) electrons. The van der Waals surface area contributed by atoms with E-state index < -0.39 is 23.7 Å². The van der Waals surface area contributed by atoms with Crippen LogP contribution in [0.25, 0.3) is 21.9 Å². The molecule has 2 atom stereocenters. The first kappa shape index (κ1) is 18.4. The van der Waals surface area contributed by atoms with Gasteiger partial charge in [-0.15, -0.1) is 0 Å². The highest BCUT2D eigenvalue weighted by molar-refractivity contribution is 6.46. The fourth-order valence-corrected chi connectivity index (χ4v) is 4.61. The van der Waals surface area contributed by atoms with Gasteiger partial charge in [0.1, 0.15) is 0 Å². The standard InChI is InChI=1S/C26H18N4O2/c31-25-23(16-6-2-1-3-7-16)24(18-12-17-8-4-5-9-20(17)27-14-18)30(26(25)32)19-10-11-21-22(13-19)29-15-28-21/h1-15,23-24H,(H,28,29). The third kappa shape index (κ3) is 2.80. The number of H-pyrrole nitrogens is 1. The summed E-state index contributed by atoms with van der Waals surface area (Å²) in [5.41, 5.74) is 4.76. The Kier molecular flexibility index (Phi) is 4.11. The number of rotatable bonds is 3. The molecule has 1 fully saturated rings. The minimum Gasteiger partial charge on any atom is -0.345 e. The molecule has 6 rings (SSSR count). The second-order valence-electron chi connectivity index (χ2n) is 7.94. The van der Waals surface area contributed by atoms with E-state index in [9.17, 15) is 9.59 Å². The Morgan fingerprint density at radius 1 is 0.781 bits per heavy atom. The van der Waals surface area contributed by atoms with Crippen molar-refractivity contribution in [2.24, 2.45) is 0 Å². The van der Waals surface area contributed by atoms with E-state index in [1.54, 1.807) is 17.4 Å². The number of benzene rings is 3. The number of ketones is 1. The number of pyridine rings is 1. The molecule has 6 nitrogen and oxygen atoms in total. The Bertz CT molecular complexity index is 1490. The van der Waals surface area contributed by atoms with Crippen molar-refractivity contribution in [1.29, 1.82) is 0 Å².